The Morgan fingerprint density at radius 3 is 2.74 bits per heavy atom. The largest absolute Gasteiger partial charge is 0.350 e. The van der Waals surface area contributed by atoms with E-state index in [0.717, 1.165) is 27.6 Å². The molecule has 4 aromatic rings. The minimum atomic E-state index is -0.0779. The number of hydrogen-bond acceptors (Lipinski definition) is 4. The van der Waals surface area contributed by atoms with Crippen LogP contribution in [0.15, 0.2) is 54.2 Å². The number of thiazole rings is 1. The van der Waals surface area contributed by atoms with Crippen molar-refractivity contribution in [1.29, 1.82) is 0 Å². The molecule has 0 fully saturated rings. The normalized spacial score (nSPS) is 11.0. The molecular formula is C20H17ClN4OS. The SMILES string of the molecule is Cc1ccc(-c2nc(CC(=O)NCc3cn4cc(Cl)ccc4n3)cs2)cc1. The molecule has 0 spiro atoms. The van der Waals surface area contributed by atoms with Gasteiger partial charge in [0, 0.05) is 23.3 Å². The third kappa shape index (κ3) is 4.18. The number of fused-ring (bicyclic) bond motifs is 1. The van der Waals surface area contributed by atoms with E-state index in [0.29, 0.717) is 11.6 Å². The molecule has 0 unspecified atom stereocenters. The highest BCUT2D eigenvalue weighted by molar-refractivity contribution is 7.13. The number of hydrogen-bond donors (Lipinski definition) is 1. The Bertz CT molecular complexity index is 1100. The highest BCUT2D eigenvalue weighted by Gasteiger charge is 2.10. The Morgan fingerprint density at radius 1 is 1.11 bits per heavy atom. The average Bonchev–Trinajstić information content (AvgIpc) is 3.27. The van der Waals surface area contributed by atoms with Crippen molar-refractivity contribution < 1.29 is 4.79 Å². The molecule has 0 radical (unpaired) electrons. The summed E-state index contributed by atoms with van der Waals surface area (Å²) in [5.74, 6) is -0.0779. The molecule has 1 N–H and O–H groups in total. The number of rotatable bonds is 5. The van der Waals surface area contributed by atoms with Gasteiger partial charge in [-0.1, -0.05) is 41.4 Å². The van der Waals surface area contributed by atoms with Crippen molar-refractivity contribution >= 4 is 34.5 Å². The molecule has 3 aromatic heterocycles. The first-order valence-electron chi connectivity index (χ1n) is 8.48. The Balaban J connectivity index is 1.37. The maximum atomic E-state index is 12.2. The van der Waals surface area contributed by atoms with Gasteiger partial charge < -0.3 is 9.72 Å². The van der Waals surface area contributed by atoms with Crippen molar-refractivity contribution in [2.24, 2.45) is 0 Å². The fourth-order valence-corrected chi connectivity index (χ4v) is 3.73. The van der Waals surface area contributed by atoms with Gasteiger partial charge in [0.25, 0.3) is 0 Å². The smallest absolute Gasteiger partial charge is 0.226 e. The molecule has 1 aromatic carbocycles. The van der Waals surface area contributed by atoms with Gasteiger partial charge in [-0.05, 0) is 19.1 Å². The Hall–Kier alpha value is -2.70. The highest BCUT2D eigenvalue weighted by atomic mass is 35.5. The molecule has 0 aliphatic carbocycles. The fraction of sp³-hybridized carbons (Fsp3) is 0.150. The molecule has 0 saturated heterocycles. The number of imidazole rings is 1. The molecule has 0 saturated carbocycles. The fourth-order valence-electron chi connectivity index (χ4n) is 2.74. The lowest BCUT2D eigenvalue weighted by Crippen LogP contribution is -2.24. The third-order valence-corrected chi connectivity index (χ3v) is 5.29. The first-order chi connectivity index (χ1) is 13.1. The average molecular weight is 397 g/mol. The van der Waals surface area contributed by atoms with Crippen LogP contribution in [0.5, 0.6) is 0 Å². The Kier molecular flexibility index (Phi) is 4.92. The van der Waals surface area contributed by atoms with Crippen LogP contribution < -0.4 is 5.32 Å². The lowest BCUT2D eigenvalue weighted by Gasteiger charge is -2.01. The van der Waals surface area contributed by atoms with Crippen LogP contribution in [0.4, 0.5) is 0 Å². The first-order valence-corrected chi connectivity index (χ1v) is 9.74. The topological polar surface area (TPSA) is 59.3 Å². The number of halogens is 1. The molecule has 27 heavy (non-hydrogen) atoms. The number of carbonyl (C=O) groups excluding carboxylic acids is 1. The molecule has 3 heterocycles. The van der Waals surface area contributed by atoms with E-state index in [9.17, 15) is 4.79 Å². The molecule has 0 bridgehead atoms. The summed E-state index contributed by atoms with van der Waals surface area (Å²) in [7, 11) is 0. The predicted octanol–water partition coefficient (Wildman–Crippen LogP) is 4.28. The van der Waals surface area contributed by atoms with E-state index >= 15 is 0 Å². The van der Waals surface area contributed by atoms with E-state index in [1.54, 1.807) is 23.6 Å². The predicted molar refractivity (Wildman–Crippen MR) is 108 cm³/mol. The molecule has 4 rings (SSSR count). The van der Waals surface area contributed by atoms with Gasteiger partial charge >= 0.3 is 0 Å². The zero-order valence-corrected chi connectivity index (χ0v) is 16.2. The molecule has 1 amide bonds. The van der Waals surface area contributed by atoms with Gasteiger partial charge in [0.2, 0.25) is 5.91 Å². The first kappa shape index (κ1) is 17.7. The Morgan fingerprint density at radius 2 is 1.93 bits per heavy atom. The third-order valence-electron chi connectivity index (χ3n) is 4.12. The van der Waals surface area contributed by atoms with Crippen LogP contribution >= 0.6 is 22.9 Å². The molecule has 7 heteroatoms. The second-order valence-electron chi connectivity index (χ2n) is 6.31. The van der Waals surface area contributed by atoms with Crippen LogP contribution in [0.2, 0.25) is 5.02 Å². The second kappa shape index (κ2) is 7.50. The van der Waals surface area contributed by atoms with Crippen LogP contribution in [-0.2, 0) is 17.8 Å². The van der Waals surface area contributed by atoms with E-state index in [2.05, 4.69) is 34.3 Å². The number of benzene rings is 1. The van der Waals surface area contributed by atoms with Crippen LogP contribution in [0.25, 0.3) is 16.2 Å². The number of aryl methyl sites for hydroxylation is 1. The van der Waals surface area contributed by atoms with Crippen molar-refractivity contribution in [1.82, 2.24) is 19.7 Å². The quantitative estimate of drug-likeness (QED) is 0.547. The number of nitrogens with zero attached hydrogens (tertiary/aromatic N) is 3. The van der Waals surface area contributed by atoms with Gasteiger partial charge in [0.05, 0.1) is 29.4 Å². The maximum Gasteiger partial charge on any atom is 0.226 e. The van der Waals surface area contributed by atoms with Crippen LogP contribution in [0.1, 0.15) is 17.0 Å². The van der Waals surface area contributed by atoms with E-state index in [1.165, 1.54) is 5.56 Å². The minimum Gasteiger partial charge on any atom is -0.350 e. The summed E-state index contributed by atoms with van der Waals surface area (Å²) < 4.78 is 1.85. The van der Waals surface area contributed by atoms with E-state index in [4.69, 9.17) is 11.6 Å². The number of pyridine rings is 1. The van der Waals surface area contributed by atoms with E-state index < -0.39 is 0 Å². The van der Waals surface area contributed by atoms with Crippen molar-refractivity contribution in [2.75, 3.05) is 0 Å². The van der Waals surface area contributed by atoms with E-state index in [-0.39, 0.29) is 12.3 Å². The summed E-state index contributed by atoms with van der Waals surface area (Å²) >= 11 is 7.53. The summed E-state index contributed by atoms with van der Waals surface area (Å²) in [6, 6.07) is 11.9. The molecule has 0 aliphatic rings. The van der Waals surface area contributed by atoms with Gasteiger partial charge in [0.1, 0.15) is 10.7 Å². The molecule has 136 valence electrons. The zero-order chi connectivity index (χ0) is 18.8. The van der Waals surface area contributed by atoms with Gasteiger partial charge in [-0.3, -0.25) is 4.79 Å². The van der Waals surface area contributed by atoms with Crippen LogP contribution in [0, 0.1) is 6.92 Å². The number of nitrogens with one attached hydrogen (secondary N) is 1. The van der Waals surface area contributed by atoms with Crippen molar-refractivity contribution in [3.05, 3.63) is 76.1 Å². The second-order valence-corrected chi connectivity index (χ2v) is 7.60. The maximum absolute atomic E-state index is 12.2. The van der Waals surface area contributed by atoms with Gasteiger partial charge in [-0.15, -0.1) is 11.3 Å². The lowest BCUT2D eigenvalue weighted by atomic mass is 10.2. The lowest BCUT2D eigenvalue weighted by molar-refractivity contribution is -0.120. The summed E-state index contributed by atoms with van der Waals surface area (Å²) in [6.45, 7) is 2.42. The summed E-state index contributed by atoms with van der Waals surface area (Å²) in [5, 5.41) is 6.40. The number of amides is 1. The van der Waals surface area contributed by atoms with Crippen molar-refractivity contribution in [3.63, 3.8) is 0 Å². The molecule has 0 aliphatic heterocycles. The summed E-state index contributed by atoms with van der Waals surface area (Å²) in [6.07, 6.45) is 3.90. The van der Waals surface area contributed by atoms with Crippen LogP contribution in [0.3, 0.4) is 0 Å². The van der Waals surface area contributed by atoms with Crippen molar-refractivity contribution in [2.45, 2.75) is 19.9 Å². The van der Waals surface area contributed by atoms with E-state index in [1.807, 2.05) is 34.2 Å². The number of aromatic nitrogens is 3. The van der Waals surface area contributed by atoms with Gasteiger partial charge in [-0.2, -0.15) is 0 Å². The highest BCUT2D eigenvalue weighted by Crippen LogP contribution is 2.24. The van der Waals surface area contributed by atoms with Gasteiger partial charge in [0.15, 0.2) is 0 Å². The molecular weight excluding hydrogens is 380 g/mol. The van der Waals surface area contributed by atoms with Crippen molar-refractivity contribution in [3.8, 4) is 10.6 Å². The zero-order valence-electron chi connectivity index (χ0n) is 14.6. The standard InChI is InChI=1S/C20H17ClN4OS/c1-13-2-4-14(5-3-13)20-24-16(12-27-20)8-19(26)22-9-17-11-25-10-15(21)6-7-18(25)23-17/h2-7,10-12H,8-9H2,1H3,(H,22,26). The van der Waals surface area contributed by atoms with Crippen LogP contribution in [-0.4, -0.2) is 20.3 Å². The summed E-state index contributed by atoms with van der Waals surface area (Å²) in [5.41, 5.74) is 4.63. The summed E-state index contributed by atoms with van der Waals surface area (Å²) in [4.78, 5) is 21.3. The van der Waals surface area contributed by atoms with Gasteiger partial charge in [-0.25, -0.2) is 9.97 Å². The minimum absolute atomic E-state index is 0.0779. The molecule has 0 atom stereocenters. The monoisotopic (exact) mass is 396 g/mol. The Labute approximate surface area is 165 Å². The number of carbonyl (C=O) groups is 1. The molecule has 5 nitrogen and oxygen atoms in total.